The van der Waals surface area contributed by atoms with Crippen molar-refractivity contribution < 1.29 is 22.8 Å². The number of rotatable bonds is 9. The van der Waals surface area contributed by atoms with E-state index in [-0.39, 0.29) is 24.6 Å². The number of nitrogens with one attached hydrogen (secondary N) is 2. The Morgan fingerprint density at radius 1 is 1.03 bits per heavy atom. The molecule has 0 spiro atoms. The molecule has 0 bridgehead atoms. The first-order valence-electron chi connectivity index (χ1n) is 9.39. The van der Waals surface area contributed by atoms with E-state index in [1.165, 1.54) is 18.2 Å². The largest absolute Gasteiger partial charge is 0.418 e. The van der Waals surface area contributed by atoms with Gasteiger partial charge in [-0.25, -0.2) is 0 Å². The number of anilines is 1. The zero-order valence-corrected chi connectivity index (χ0v) is 17.2. The van der Waals surface area contributed by atoms with Gasteiger partial charge in [-0.15, -0.1) is 0 Å². The Hall–Kier alpha value is -2.58. The number of alkyl halides is 3. The van der Waals surface area contributed by atoms with Crippen molar-refractivity contribution in [2.24, 2.45) is 0 Å². The van der Waals surface area contributed by atoms with E-state index in [4.69, 9.17) is 11.6 Å². The third-order valence-electron chi connectivity index (χ3n) is 4.41. The Bertz CT molecular complexity index is 875. The van der Waals surface area contributed by atoms with Gasteiger partial charge in [0, 0.05) is 24.5 Å². The van der Waals surface area contributed by atoms with E-state index in [0.717, 1.165) is 11.6 Å². The minimum absolute atomic E-state index is 0.125. The maximum absolute atomic E-state index is 13.0. The van der Waals surface area contributed by atoms with Crippen LogP contribution in [0, 0.1) is 0 Å². The van der Waals surface area contributed by atoms with Gasteiger partial charge in [0.15, 0.2) is 0 Å². The van der Waals surface area contributed by atoms with Crippen LogP contribution in [0.5, 0.6) is 0 Å². The van der Waals surface area contributed by atoms with Crippen molar-refractivity contribution in [2.75, 3.05) is 25.0 Å². The summed E-state index contributed by atoms with van der Waals surface area (Å²) in [6, 6.07) is 12.0. The predicted molar refractivity (Wildman–Crippen MR) is 110 cm³/mol. The normalized spacial score (nSPS) is 11.4. The third kappa shape index (κ3) is 7.35. The number of carbonyl (C=O) groups excluding carboxylic acids is 2. The Morgan fingerprint density at radius 2 is 1.70 bits per heavy atom. The first-order valence-corrected chi connectivity index (χ1v) is 9.77. The molecule has 162 valence electrons. The summed E-state index contributed by atoms with van der Waals surface area (Å²) in [5, 5.41) is 5.63. The van der Waals surface area contributed by atoms with Crippen LogP contribution in [0.25, 0.3) is 0 Å². The molecule has 2 aromatic carbocycles. The van der Waals surface area contributed by atoms with Crippen molar-refractivity contribution in [1.82, 2.24) is 10.2 Å². The Morgan fingerprint density at radius 3 is 2.37 bits per heavy atom. The molecular weight excluding hydrogens is 419 g/mol. The molecule has 9 heteroatoms. The molecular formula is C21H23ClF3N3O2. The lowest BCUT2D eigenvalue weighted by Gasteiger charge is -2.20. The van der Waals surface area contributed by atoms with Crippen LogP contribution in [0.15, 0.2) is 48.5 Å². The summed E-state index contributed by atoms with van der Waals surface area (Å²) < 4.78 is 39.1. The molecule has 0 saturated carbocycles. The molecule has 2 N–H and O–H groups in total. The van der Waals surface area contributed by atoms with E-state index in [2.05, 4.69) is 10.6 Å². The van der Waals surface area contributed by atoms with Crippen molar-refractivity contribution in [3.63, 3.8) is 0 Å². The van der Waals surface area contributed by atoms with E-state index >= 15 is 0 Å². The molecule has 0 radical (unpaired) electrons. The Labute approximate surface area is 178 Å². The van der Waals surface area contributed by atoms with E-state index < -0.39 is 17.6 Å². The smallest absolute Gasteiger partial charge is 0.352 e. The van der Waals surface area contributed by atoms with Crippen LogP contribution in [0.2, 0.25) is 5.02 Å². The fourth-order valence-corrected chi connectivity index (χ4v) is 2.97. The van der Waals surface area contributed by atoms with Crippen molar-refractivity contribution in [2.45, 2.75) is 26.1 Å². The zero-order valence-electron chi connectivity index (χ0n) is 16.4. The molecule has 2 aromatic rings. The number of likely N-dealkylation sites (N-methyl/N-ethyl adjacent to an activating group) is 1. The fourth-order valence-electron chi connectivity index (χ4n) is 2.76. The highest BCUT2D eigenvalue weighted by Gasteiger charge is 2.33. The number of para-hydroxylation sites is 1. The van der Waals surface area contributed by atoms with E-state index in [0.29, 0.717) is 24.7 Å². The predicted octanol–water partition coefficient (Wildman–Crippen LogP) is 4.33. The first-order chi connectivity index (χ1) is 14.2. The van der Waals surface area contributed by atoms with Gasteiger partial charge in [0.25, 0.3) is 0 Å². The molecule has 0 heterocycles. The fraction of sp³-hybridized carbons (Fsp3) is 0.333. The summed E-state index contributed by atoms with van der Waals surface area (Å²) in [7, 11) is 0. The van der Waals surface area contributed by atoms with Gasteiger partial charge in [0.05, 0.1) is 17.8 Å². The number of hydrogen-bond donors (Lipinski definition) is 2. The highest BCUT2D eigenvalue weighted by atomic mass is 35.5. The van der Waals surface area contributed by atoms with Crippen LogP contribution in [-0.2, 0) is 22.3 Å². The molecule has 30 heavy (non-hydrogen) atoms. The second kappa shape index (κ2) is 11.0. The quantitative estimate of drug-likeness (QED) is 0.609. The standard InChI is InChI=1S/C21H23ClF3N3O2/c1-2-28(12-11-19(29)26-13-15-7-3-5-9-17(15)22)14-20(30)27-18-10-6-4-8-16(18)21(23,24)25/h3-10H,2,11-14H2,1H3,(H,26,29)(H,27,30). The van der Waals surface area contributed by atoms with Crippen LogP contribution < -0.4 is 10.6 Å². The molecule has 0 aliphatic heterocycles. The summed E-state index contributed by atoms with van der Waals surface area (Å²) in [5.41, 5.74) is -0.397. The number of nitrogens with zero attached hydrogens (tertiary/aromatic N) is 1. The molecule has 0 atom stereocenters. The first kappa shape index (κ1) is 23.7. The van der Waals surface area contributed by atoms with Gasteiger partial charge >= 0.3 is 6.18 Å². The maximum atomic E-state index is 13.0. The second-order valence-electron chi connectivity index (χ2n) is 6.58. The van der Waals surface area contributed by atoms with Crippen molar-refractivity contribution in [3.8, 4) is 0 Å². The molecule has 0 fully saturated rings. The van der Waals surface area contributed by atoms with Crippen LogP contribution in [0.1, 0.15) is 24.5 Å². The summed E-state index contributed by atoms with van der Waals surface area (Å²) >= 11 is 6.05. The highest BCUT2D eigenvalue weighted by Crippen LogP contribution is 2.34. The number of benzene rings is 2. The lowest BCUT2D eigenvalue weighted by molar-refractivity contribution is -0.137. The van der Waals surface area contributed by atoms with Crippen LogP contribution in [0.4, 0.5) is 18.9 Å². The van der Waals surface area contributed by atoms with Gasteiger partial charge < -0.3 is 10.6 Å². The van der Waals surface area contributed by atoms with E-state index in [1.54, 1.807) is 24.0 Å². The summed E-state index contributed by atoms with van der Waals surface area (Å²) in [6.45, 7) is 2.73. The number of hydrogen-bond acceptors (Lipinski definition) is 3. The minimum atomic E-state index is -4.56. The summed E-state index contributed by atoms with van der Waals surface area (Å²) in [6.07, 6.45) is -4.42. The summed E-state index contributed by atoms with van der Waals surface area (Å²) in [5.74, 6) is -0.791. The van der Waals surface area contributed by atoms with Crippen LogP contribution >= 0.6 is 11.6 Å². The number of carbonyl (C=O) groups is 2. The Kier molecular flexibility index (Phi) is 8.68. The molecule has 5 nitrogen and oxygen atoms in total. The third-order valence-corrected chi connectivity index (χ3v) is 4.78. The number of halogens is 4. The highest BCUT2D eigenvalue weighted by molar-refractivity contribution is 6.31. The van der Waals surface area contributed by atoms with Gasteiger partial charge in [-0.05, 0) is 30.3 Å². The minimum Gasteiger partial charge on any atom is -0.352 e. The van der Waals surface area contributed by atoms with Gasteiger partial charge in [-0.2, -0.15) is 13.2 Å². The molecule has 0 aliphatic carbocycles. The molecule has 2 amide bonds. The van der Waals surface area contributed by atoms with E-state index in [1.807, 2.05) is 12.1 Å². The molecule has 2 rings (SSSR count). The van der Waals surface area contributed by atoms with Crippen molar-refractivity contribution in [1.29, 1.82) is 0 Å². The summed E-state index contributed by atoms with van der Waals surface area (Å²) in [4.78, 5) is 26.0. The molecule has 0 aromatic heterocycles. The number of amides is 2. The van der Waals surface area contributed by atoms with Gasteiger partial charge in [-0.1, -0.05) is 48.9 Å². The lowest BCUT2D eigenvalue weighted by Crippen LogP contribution is -2.36. The van der Waals surface area contributed by atoms with Gasteiger partial charge in [0.1, 0.15) is 0 Å². The van der Waals surface area contributed by atoms with Crippen molar-refractivity contribution in [3.05, 3.63) is 64.7 Å². The Balaban J connectivity index is 1.83. The van der Waals surface area contributed by atoms with Crippen LogP contribution in [0.3, 0.4) is 0 Å². The zero-order chi connectivity index (χ0) is 22.1. The van der Waals surface area contributed by atoms with Gasteiger partial charge in [0.2, 0.25) is 11.8 Å². The average Bonchev–Trinajstić information content (AvgIpc) is 2.70. The SMILES string of the molecule is CCN(CCC(=O)NCc1ccccc1Cl)CC(=O)Nc1ccccc1C(F)(F)F. The molecule has 0 saturated heterocycles. The monoisotopic (exact) mass is 441 g/mol. The second-order valence-corrected chi connectivity index (χ2v) is 6.99. The van der Waals surface area contributed by atoms with E-state index in [9.17, 15) is 22.8 Å². The maximum Gasteiger partial charge on any atom is 0.418 e. The molecule has 0 unspecified atom stereocenters. The van der Waals surface area contributed by atoms with Crippen molar-refractivity contribution >= 4 is 29.1 Å². The average molecular weight is 442 g/mol. The van der Waals surface area contributed by atoms with Gasteiger partial charge in [-0.3, -0.25) is 14.5 Å². The lowest BCUT2D eigenvalue weighted by atomic mass is 10.1. The molecule has 0 aliphatic rings. The topological polar surface area (TPSA) is 61.4 Å². The van der Waals surface area contributed by atoms with Crippen LogP contribution in [-0.4, -0.2) is 36.3 Å².